The lowest BCUT2D eigenvalue weighted by molar-refractivity contribution is -0.384. The van der Waals surface area contributed by atoms with Gasteiger partial charge >= 0.3 is 0 Å². The van der Waals surface area contributed by atoms with E-state index in [1.54, 1.807) is 19.1 Å². The summed E-state index contributed by atoms with van der Waals surface area (Å²) in [6, 6.07) is 14.2. The van der Waals surface area contributed by atoms with Gasteiger partial charge < -0.3 is 0 Å². The van der Waals surface area contributed by atoms with E-state index in [1.807, 2.05) is 18.2 Å². The number of carbonyl (C=O) groups is 1. The number of carbonyl (C=O) groups excluding carboxylic acids is 1. The van der Waals surface area contributed by atoms with Crippen LogP contribution in [0.2, 0.25) is 0 Å². The molecule has 0 saturated heterocycles. The number of aryl methyl sites for hydroxylation is 1. The topological polar surface area (TPSA) is 122 Å². The average molecular weight is 365 g/mol. The molecule has 1 amide bonds. The lowest BCUT2D eigenvalue weighted by atomic mass is 10.2. The summed E-state index contributed by atoms with van der Waals surface area (Å²) in [5, 5.41) is 17.4. The molecule has 27 heavy (non-hydrogen) atoms. The molecule has 136 valence electrons. The summed E-state index contributed by atoms with van der Waals surface area (Å²) in [6.45, 7) is 1.72. The minimum atomic E-state index is -0.549. The molecular weight excluding hydrogens is 350 g/mol. The van der Waals surface area contributed by atoms with Crippen molar-refractivity contribution in [3.63, 3.8) is 0 Å². The van der Waals surface area contributed by atoms with Crippen LogP contribution in [0.1, 0.15) is 21.6 Å². The smallest absolute Gasteiger partial charge is 0.280 e. The van der Waals surface area contributed by atoms with Crippen LogP contribution in [0.25, 0.3) is 5.69 Å². The Morgan fingerprint density at radius 2 is 1.85 bits per heavy atom. The summed E-state index contributed by atoms with van der Waals surface area (Å²) in [5.41, 5.74) is 3.68. The standard InChI is InChI=1S/C18H15N5O4/c1-12-16(18(25)22(21-12)14-5-3-2-4-6-14)11-19-20-17(24)13-7-9-15(10-8-13)23(26)27/h2-11,21H,1H3,(H,20,24)/b19-11-. The molecular formula is C18H15N5O4. The molecule has 0 unspecified atom stereocenters. The fourth-order valence-corrected chi connectivity index (χ4v) is 2.42. The van der Waals surface area contributed by atoms with Crippen LogP contribution < -0.4 is 11.0 Å². The quantitative estimate of drug-likeness (QED) is 0.408. The zero-order valence-electron chi connectivity index (χ0n) is 14.2. The number of H-pyrrole nitrogens is 1. The number of benzene rings is 2. The van der Waals surface area contributed by atoms with Gasteiger partial charge in [0, 0.05) is 23.4 Å². The molecule has 0 aliphatic heterocycles. The van der Waals surface area contributed by atoms with E-state index in [2.05, 4.69) is 15.6 Å². The lowest BCUT2D eigenvalue weighted by Crippen LogP contribution is -2.20. The molecule has 9 nitrogen and oxygen atoms in total. The molecule has 1 aromatic heterocycles. The zero-order valence-corrected chi connectivity index (χ0v) is 14.2. The Balaban J connectivity index is 1.75. The van der Waals surface area contributed by atoms with E-state index in [4.69, 9.17) is 0 Å². The summed E-state index contributed by atoms with van der Waals surface area (Å²) in [4.78, 5) is 34.6. The van der Waals surface area contributed by atoms with Crippen molar-refractivity contribution in [2.24, 2.45) is 5.10 Å². The highest BCUT2D eigenvalue weighted by molar-refractivity contribution is 5.95. The largest absolute Gasteiger partial charge is 0.295 e. The van der Waals surface area contributed by atoms with Crippen LogP contribution in [-0.2, 0) is 0 Å². The van der Waals surface area contributed by atoms with Gasteiger partial charge in [-0.15, -0.1) is 0 Å². The second-order valence-corrected chi connectivity index (χ2v) is 5.63. The van der Waals surface area contributed by atoms with E-state index in [-0.39, 0.29) is 16.8 Å². The fourth-order valence-electron chi connectivity index (χ4n) is 2.42. The van der Waals surface area contributed by atoms with E-state index >= 15 is 0 Å². The highest BCUT2D eigenvalue weighted by Crippen LogP contribution is 2.11. The molecule has 1 heterocycles. The summed E-state index contributed by atoms with van der Waals surface area (Å²) in [6.07, 6.45) is 1.26. The van der Waals surface area contributed by atoms with Crippen molar-refractivity contribution in [1.82, 2.24) is 15.2 Å². The Hall–Kier alpha value is -4.01. The number of nitro groups is 1. The van der Waals surface area contributed by atoms with Crippen molar-refractivity contribution < 1.29 is 9.72 Å². The zero-order chi connectivity index (χ0) is 19.4. The number of rotatable bonds is 5. The van der Waals surface area contributed by atoms with E-state index in [1.165, 1.54) is 35.2 Å². The molecule has 0 atom stereocenters. The maximum Gasteiger partial charge on any atom is 0.280 e. The van der Waals surface area contributed by atoms with Crippen molar-refractivity contribution in [3.8, 4) is 5.69 Å². The Morgan fingerprint density at radius 1 is 1.19 bits per heavy atom. The molecule has 0 aliphatic rings. The normalized spacial score (nSPS) is 10.9. The maximum atomic E-state index is 12.5. The molecule has 0 fully saturated rings. The van der Waals surface area contributed by atoms with Gasteiger partial charge in [0.1, 0.15) is 0 Å². The van der Waals surface area contributed by atoms with Gasteiger partial charge in [0.2, 0.25) is 0 Å². The monoisotopic (exact) mass is 365 g/mol. The number of non-ortho nitro benzene ring substituents is 1. The fraction of sp³-hybridized carbons (Fsp3) is 0.0556. The van der Waals surface area contributed by atoms with Crippen LogP contribution in [0.15, 0.2) is 64.5 Å². The van der Waals surface area contributed by atoms with Crippen molar-refractivity contribution in [2.75, 3.05) is 0 Å². The number of aromatic nitrogens is 2. The number of hydrazone groups is 1. The highest BCUT2D eigenvalue weighted by atomic mass is 16.6. The van der Waals surface area contributed by atoms with Gasteiger partial charge in [-0.05, 0) is 31.2 Å². The third-order valence-corrected chi connectivity index (χ3v) is 3.83. The van der Waals surface area contributed by atoms with E-state index in [0.717, 1.165) is 0 Å². The molecule has 3 aromatic rings. The van der Waals surface area contributed by atoms with Gasteiger partial charge in [-0.3, -0.25) is 24.8 Å². The maximum absolute atomic E-state index is 12.5. The molecule has 0 bridgehead atoms. The average Bonchev–Trinajstić information content (AvgIpc) is 2.97. The van der Waals surface area contributed by atoms with E-state index in [9.17, 15) is 19.7 Å². The number of aromatic amines is 1. The van der Waals surface area contributed by atoms with Crippen LogP contribution in [0.5, 0.6) is 0 Å². The molecule has 2 aromatic carbocycles. The Morgan fingerprint density at radius 3 is 2.48 bits per heavy atom. The number of para-hydroxylation sites is 1. The second-order valence-electron chi connectivity index (χ2n) is 5.63. The van der Waals surface area contributed by atoms with Crippen LogP contribution in [0.3, 0.4) is 0 Å². The summed E-state index contributed by atoms with van der Waals surface area (Å²) < 4.78 is 1.38. The summed E-state index contributed by atoms with van der Waals surface area (Å²) in [5.74, 6) is -0.544. The third kappa shape index (κ3) is 3.82. The SMILES string of the molecule is Cc1[nH]n(-c2ccccc2)c(=O)c1/C=N\NC(=O)c1ccc([N+](=O)[O-])cc1. The van der Waals surface area contributed by atoms with Crippen LogP contribution in [0.4, 0.5) is 5.69 Å². The third-order valence-electron chi connectivity index (χ3n) is 3.83. The van der Waals surface area contributed by atoms with Gasteiger partial charge in [0.15, 0.2) is 0 Å². The number of hydrogen-bond donors (Lipinski definition) is 2. The Labute approximate surface area is 153 Å². The molecule has 0 spiro atoms. The second kappa shape index (κ2) is 7.48. The van der Waals surface area contributed by atoms with Gasteiger partial charge in [-0.25, -0.2) is 10.1 Å². The first-order valence-corrected chi connectivity index (χ1v) is 7.92. The first-order valence-electron chi connectivity index (χ1n) is 7.92. The number of hydrogen-bond acceptors (Lipinski definition) is 5. The first-order chi connectivity index (χ1) is 13.0. The number of nitrogens with one attached hydrogen (secondary N) is 2. The predicted molar refractivity (Wildman–Crippen MR) is 99.3 cm³/mol. The number of amides is 1. The molecule has 0 saturated carbocycles. The summed E-state index contributed by atoms with van der Waals surface area (Å²) in [7, 11) is 0. The van der Waals surface area contributed by atoms with Crippen LogP contribution in [-0.4, -0.2) is 26.8 Å². The molecule has 3 rings (SSSR count). The number of nitro benzene ring substituents is 1. The van der Waals surface area contributed by atoms with Crippen molar-refractivity contribution in [1.29, 1.82) is 0 Å². The first kappa shape index (κ1) is 17.8. The van der Waals surface area contributed by atoms with Gasteiger partial charge in [-0.2, -0.15) is 5.10 Å². The van der Waals surface area contributed by atoms with Crippen molar-refractivity contribution in [2.45, 2.75) is 6.92 Å². The van der Waals surface area contributed by atoms with E-state index < -0.39 is 10.8 Å². The minimum absolute atomic E-state index is 0.112. The Bertz CT molecular complexity index is 1070. The van der Waals surface area contributed by atoms with Crippen LogP contribution >= 0.6 is 0 Å². The van der Waals surface area contributed by atoms with Gasteiger partial charge in [0.05, 0.1) is 22.4 Å². The molecule has 0 radical (unpaired) electrons. The molecule has 0 aliphatic carbocycles. The van der Waals surface area contributed by atoms with Gasteiger partial charge in [0.25, 0.3) is 17.2 Å². The minimum Gasteiger partial charge on any atom is -0.295 e. The van der Waals surface area contributed by atoms with Crippen LogP contribution in [0, 0.1) is 17.0 Å². The van der Waals surface area contributed by atoms with E-state index in [0.29, 0.717) is 16.9 Å². The number of nitrogens with zero attached hydrogens (tertiary/aromatic N) is 3. The predicted octanol–water partition coefficient (Wildman–Crippen LogP) is 2.15. The Kier molecular flexibility index (Phi) is 4.93. The molecule has 9 heteroatoms. The van der Waals surface area contributed by atoms with Crippen molar-refractivity contribution in [3.05, 3.63) is 91.9 Å². The van der Waals surface area contributed by atoms with Gasteiger partial charge in [-0.1, -0.05) is 18.2 Å². The highest BCUT2D eigenvalue weighted by Gasteiger charge is 2.11. The lowest BCUT2D eigenvalue weighted by Gasteiger charge is -1.99. The van der Waals surface area contributed by atoms with Crippen molar-refractivity contribution >= 4 is 17.8 Å². The summed E-state index contributed by atoms with van der Waals surface area (Å²) >= 11 is 0. The molecule has 2 N–H and O–H groups in total.